The van der Waals surface area contributed by atoms with Crippen molar-refractivity contribution in [2.45, 2.75) is 33.1 Å². The van der Waals surface area contributed by atoms with Crippen LogP contribution in [0.3, 0.4) is 0 Å². The van der Waals surface area contributed by atoms with Crippen LogP contribution in [0.2, 0.25) is 0 Å². The second-order valence-corrected chi connectivity index (χ2v) is 2.33. The van der Waals surface area contributed by atoms with Crippen LogP contribution in [0.15, 0.2) is 11.6 Å². The number of rotatable bonds is 4. The molecule has 0 spiro atoms. The molecule has 0 heterocycles. The van der Waals surface area contributed by atoms with E-state index in [0.717, 1.165) is 19.4 Å². The van der Waals surface area contributed by atoms with Crippen LogP contribution in [0.4, 0.5) is 0 Å². The van der Waals surface area contributed by atoms with Crippen LogP contribution in [-0.4, -0.2) is 6.54 Å². The first-order chi connectivity index (χ1) is 4.31. The number of hydrogen-bond donors (Lipinski definition) is 1. The molecule has 54 valence electrons. The minimum absolute atomic E-state index is 0.813. The molecule has 0 amide bonds. The van der Waals surface area contributed by atoms with E-state index in [-0.39, 0.29) is 0 Å². The lowest BCUT2D eigenvalue weighted by molar-refractivity contribution is 0.845. The van der Waals surface area contributed by atoms with Crippen LogP contribution in [-0.2, 0) is 0 Å². The van der Waals surface area contributed by atoms with E-state index in [2.05, 4.69) is 19.9 Å². The Hall–Kier alpha value is -0.300. The topological polar surface area (TPSA) is 26.0 Å². The molecule has 0 saturated heterocycles. The third-order valence-electron chi connectivity index (χ3n) is 1.46. The summed E-state index contributed by atoms with van der Waals surface area (Å²) in [6.45, 7) is 5.15. The van der Waals surface area contributed by atoms with Gasteiger partial charge in [-0.3, -0.25) is 0 Å². The van der Waals surface area contributed by atoms with Gasteiger partial charge in [-0.05, 0) is 32.7 Å². The highest BCUT2D eigenvalue weighted by molar-refractivity contribution is 4.96. The molecule has 1 heteroatoms. The first-order valence-electron chi connectivity index (χ1n) is 3.67. The van der Waals surface area contributed by atoms with Crippen molar-refractivity contribution in [2.75, 3.05) is 6.54 Å². The van der Waals surface area contributed by atoms with Gasteiger partial charge in [0.05, 0.1) is 0 Å². The lowest BCUT2D eigenvalue weighted by atomic mass is 10.2. The van der Waals surface area contributed by atoms with Gasteiger partial charge in [-0.25, -0.2) is 0 Å². The van der Waals surface area contributed by atoms with Crippen LogP contribution in [0.1, 0.15) is 33.1 Å². The molecule has 0 aromatic rings. The highest BCUT2D eigenvalue weighted by Crippen LogP contribution is 2.00. The van der Waals surface area contributed by atoms with Crippen molar-refractivity contribution in [3.8, 4) is 0 Å². The smallest absolute Gasteiger partial charge is 0.00743 e. The van der Waals surface area contributed by atoms with E-state index in [1.165, 1.54) is 12.0 Å². The molecular weight excluding hydrogens is 110 g/mol. The first kappa shape index (κ1) is 8.70. The van der Waals surface area contributed by atoms with Crippen molar-refractivity contribution in [1.29, 1.82) is 0 Å². The third kappa shape index (κ3) is 5.57. The Balaban J connectivity index is 3.21. The molecule has 0 bridgehead atoms. The van der Waals surface area contributed by atoms with E-state index in [1.54, 1.807) is 0 Å². The fraction of sp³-hybridized carbons (Fsp3) is 0.750. The summed E-state index contributed by atoms with van der Waals surface area (Å²) in [4.78, 5) is 0. The van der Waals surface area contributed by atoms with Gasteiger partial charge in [-0.2, -0.15) is 0 Å². The van der Waals surface area contributed by atoms with Gasteiger partial charge in [-0.15, -0.1) is 0 Å². The summed E-state index contributed by atoms with van der Waals surface area (Å²) in [5, 5.41) is 0. The Morgan fingerprint density at radius 1 is 1.56 bits per heavy atom. The van der Waals surface area contributed by atoms with Crippen molar-refractivity contribution >= 4 is 0 Å². The fourth-order valence-corrected chi connectivity index (χ4v) is 0.611. The summed E-state index contributed by atoms with van der Waals surface area (Å²) >= 11 is 0. The highest BCUT2D eigenvalue weighted by atomic mass is 14.5. The largest absolute Gasteiger partial charge is 0.330 e. The molecule has 1 nitrogen and oxygen atoms in total. The predicted octanol–water partition coefficient (Wildman–Crippen LogP) is 2.08. The van der Waals surface area contributed by atoms with Crippen LogP contribution >= 0.6 is 0 Å². The summed E-state index contributed by atoms with van der Waals surface area (Å²) < 4.78 is 0. The van der Waals surface area contributed by atoms with Crippen LogP contribution in [0.25, 0.3) is 0 Å². The average Bonchev–Trinajstić information content (AvgIpc) is 1.89. The molecule has 0 aromatic carbocycles. The Morgan fingerprint density at radius 2 is 2.22 bits per heavy atom. The first-order valence-corrected chi connectivity index (χ1v) is 3.67. The zero-order valence-electron chi connectivity index (χ0n) is 6.48. The molecule has 0 aliphatic carbocycles. The Bertz CT molecular complexity index is 84.6. The van der Waals surface area contributed by atoms with Crippen molar-refractivity contribution in [2.24, 2.45) is 5.73 Å². The number of nitrogens with two attached hydrogens (primary N) is 1. The fourth-order valence-electron chi connectivity index (χ4n) is 0.611. The second kappa shape index (κ2) is 5.83. The molecule has 0 rings (SSSR count). The molecular formula is C8H17N. The van der Waals surface area contributed by atoms with Gasteiger partial charge in [0, 0.05) is 0 Å². The lowest BCUT2D eigenvalue weighted by Gasteiger charge is -1.93. The molecule has 0 fully saturated rings. The number of allylic oxidation sites excluding steroid dienone is 2. The van der Waals surface area contributed by atoms with Crippen molar-refractivity contribution < 1.29 is 0 Å². The molecule has 2 N–H and O–H groups in total. The van der Waals surface area contributed by atoms with Crippen LogP contribution in [0.5, 0.6) is 0 Å². The van der Waals surface area contributed by atoms with Gasteiger partial charge in [-0.1, -0.05) is 18.6 Å². The van der Waals surface area contributed by atoms with E-state index in [0.29, 0.717) is 0 Å². The standard InChI is InChI=1S/C8H17N/c1-3-8(2)6-4-5-7-9/h6H,3-5,7,9H2,1-2H3/b8-6-. The quantitative estimate of drug-likeness (QED) is 0.454. The van der Waals surface area contributed by atoms with Gasteiger partial charge < -0.3 is 5.73 Å². The second-order valence-electron chi connectivity index (χ2n) is 2.33. The minimum Gasteiger partial charge on any atom is -0.330 e. The molecule has 0 saturated carbocycles. The summed E-state index contributed by atoms with van der Waals surface area (Å²) in [6.07, 6.45) is 5.71. The zero-order valence-corrected chi connectivity index (χ0v) is 6.48. The highest BCUT2D eigenvalue weighted by Gasteiger charge is 1.82. The van der Waals surface area contributed by atoms with E-state index >= 15 is 0 Å². The minimum atomic E-state index is 0.813. The number of unbranched alkanes of at least 4 members (excludes halogenated alkanes) is 1. The molecule has 9 heavy (non-hydrogen) atoms. The van der Waals surface area contributed by atoms with Gasteiger partial charge in [0.2, 0.25) is 0 Å². The lowest BCUT2D eigenvalue weighted by Crippen LogP contribution is -1.96. The van der Waals surface area contributed by atoms with Gasteiger partial charge in [0.15, 0.2) is 0 Å². The van der Waals surface area contributed by atoms with E-state index in [9.17, 15) is 0 Å². The van der Waals surface area contributed by atoms with Gasteiger partial charge in [0.1, 0.15) is 0 Å². The summed E-state index contributed by atoms with van der Waals surface area (Å²) in [5.41, 5.74) is 6.80. The summed E-state index contributed by atoms with van der Waals surface area (Å²) in [6, 6.07) is 0. The molecule has 0 aliphatic rings. The Kier molecular flexibility index (Phi) is 5.64. The SMILES string of the molecule is CC/C(C)=C\CCCN. The maximum Gasteiger partial charge on any atom is -0.00743 e. The van der Waals surface area contributed by atoms with Gasteiger partial charge >= 0.3 is 0 Å². The summed E-state index contributed by atoms with van der Waals surface area (Å²) in [5.74, 6) is 0. The Labute approximate surface area is 57.9 Å². The van der Waals surface area contributed by atoms with E-state index in [4.69, 9.17) is 5.73 Å². The predicted molar refractivity (Wildman–Crippen MR) is 42.3 cm³/mol. The third-order valence-corrected chi connectivity index (χ3v) is 1.46. The average molecular weight is 127 g/mol. The van der Waals surface area contributed by atoms with Crippen LogP contribution in [0, 0.1) is 0 Å². The molecule has 0 aliphatic heterocycles. The van der Waals surface area contributed by atoms with Crippen molar-refractivity contribution in [3.63, 3.8) is 0 Å². The van der Waals surface area contributed by atoms with Crippen molar-refractivity contribution in [3.05, 3.63) is 11.6 Å². The molecule has 0 aromatic heterocycles. The molecule has 0 unspecified atom stereocenters. The maximum atomic E-state index is 5.33. The van der Waals surface area contributed by atoms with E-state index < -0.39 is 0 Å². The van der Waals surface area contributed by atoms with Crippen LogP contribution < -0.4 is 5.73 Å². The van der Waals surface area contributed by atoms with E-state index in [1.807, 2.05) is 0 Å². The maximum absolute atomic E-state index is 5.33. The zero-order chi connectivity index (χ0) is 7.11. The number of hydrogen-bond acceptors (Lipinski definition) is 1. The normalized spacial score (nSPS) is 12.1. The monoisotopic (exact) mass is 127 g/mol. The van der Waals surface area contributed by atoms with Crippen molar-refractivity contribution in [1.82, 2.24) is 0 Å². The molecule has 0 radical (unpaired) electrons. The van der Waals surface area contributed by atoms with Gasteiger partial charge in [0.25, 0.3) is 0 Å². The molecule has 0 atom stereocenters. The Morgan fingerprint density at radius 3 is 2.67 bits per heavy atom. The summed E-state index contributed by atoms with van der Waals surface area (Å²) in [7, 11) is 0.